The molecule has 1 aromatic rings. The van der Waals surface area contributed by atoms with Crippen LogP contribution in [-0.4, -0.2) is 40.7 Å². The molecule has 0 fully saturated rings. The molecule has 5 heteroatoms. The third-order valence-electron chi connectivity index (χ3n) is 2.77. The highest BCUT2D eigenvalue weighted by molar-refractivity contribution is 9.10. The molecule has 0 spiro atoms. The van der Waals surface area contributed by atoms with Crippen molar-refractivity contribution in [3.63, 3.8) is 0 Å². The lowest BCUT2D eigenvalue weighted by molar-refractivity contribution is 0.0413. The van der Waals surface area contributed by atoms with E-state index in [0.717, 1.165) is 15.6 Å². The van der Waals surface area contributed by atoms with Gasteiger partial charge in [0.15, 0.2) is 0 Å². The van der Waals surface area contributed by atoms with E-state index in [0.29, 0.717) is 6.54 Å². The largest absolute Gasteiger partial charge is 0.394 e. The molecule has 96 valence electrons. The standard InChI is InChI=1S/C12H18BrNO3/c1-9-2-3-10(11(13)4-9)5-14-12(6-15,7-16)8-17/h2-4,14-17H,5-8H2,1H3. The maximum absolute atomic E-state index is 9.17. The molecule has 0 atom stereocenters. The molecule has 1 aromatic carbocycles. The summed E-state index contributed by atoms with van der Waals surface area (Å²) in [6, 6.07) is 5.94. The van der Waals surface area contributed by atoms with Gasteiger partial charge in [-0.2, -0.15) is 0 Å². The van der Waals surface area contributed by atoms with E-state index in [9.17, 15) is 15.3 Å². The molecule has 1 rings (SSSR count). The molecule has 4 nitrogen and oxygen atoms in total. The predicted octanol–water partition coefficient (Wildman–Crippen LogP) is 0.563. The van der Waals surface area contributed by atoms with Gasteiger partial charge in [0.2, 0.25) is 0 Å². The van der Waals surface area contributed by atoms with E-state index < -0.39 is 5.54 Å². The Kier molecular flexibility index (Phi) is 5.55. The third kappa shape index (κ3) is 3.76. The van der Waals surface area contributed by atoms with Gasteiger partial charge in [0, 0.05) is 11.0 Å². The zero-order valence-electron chi connectivity index (χ0n) is 9.78. The summed E-state index contributed by atoms with van der Waals surface area (Å²) in [4.78, 5) is 0. The first-order valence-electron chi connectivity index (χ1n) is 5.39. The molecule has 0 heterocycles. The molecular formula is C12H18BrNO3. The minimum absolute atomic E-state index is 0.316. The fourth-order valence-electron chi connectivity index (χ4n) is 1.40. The molecule has 0 unspecified atom stereocenters. The molecule has 0 saturated heterocycles. The molecule has 0 saturated carbocycles. The average Bonchev–Trinajstić information content (AvgIpc) is 2.33. The van der Waals surface area contributed by atoms with Crippen LogP contribution in [0.25, 0.3) is 0 Å². The van der Waals surface area contributed by atoms with Crippen molar-refractivity contribution in [2.75, 3.05) is 19.8 Å². The van der Waals surface area contributed by atoms with Gasteiger partial charge in [-0.1, -0.05) is 28.1 Å². The number of hydrogen-bond donors (Lipinski definition) is 4. The van der Waals surface area contributed by atoms with Crippen LogP contribution in [0, 0.1) is 6.92 Å². The fraction of sp³-hybridized carbons (Fsp3) is 0.500. The van der Waals surface area contributed by atoms with E-state index in [-0.39, 0.29) is 19.8 Å². The normalized spacial score (nSPS) is 11.8. The Morgan fingerprint density at radius 3 is 2.24 bits per heavy atom. The van der Waals surface area contributed by atoms with Crippen molar-refractivity contribution in [3.8, 4) is 0 Å². The number of nitrogens with one attached hydrogen (secondary N) is 1. The van der Waals surface area contributed by atoms with Crippen molar-refractivity contribution >= 4 is 15.9 Å². The number of aryl methyl sites for hydroxylation is 1. The lowest BCUT2D eigenvalue weighted by atomic mass is 10.0. The van der Waals surface area contributed by atoms with Crippen LogP contribution in [0.1, 0.15) is 11.1 Å². The smallest absolute Gasteiger partial charge is 0.0884 e. The third-order valence-corrected chi connectivity index (χ3v) is 3.51. The quantitative estimate of drug-likeness (QED) is 0.620. The summed E-state index contributed by atoms with van der Waals surface area (Å²) in [6.45, 7) is 1.51. The van der Waals surface area contributed by atoms with E-state index in [2.05, 4.69) is 21.2 Å². The van der Waals surface area contributed by atoms with Crippen LogP contribution in [0.2, 0.25) is 0 Å². The molecule has 4 N–H and O–H groups in total. The molecule has 0 aliphatic heterocycles. The summed E-state index contributed by atoms with van der Waals surface area (Å²) in [6.07, 6.45) is 0. The molecule has 0 bridgehead atoms. The monoisotopic (exact) mass is 303 g/mol. The zero-order chi connectivity index (χ0) is 12.9. The Morgan fingerprint density at radius 1 is 1.18 bits per heavy atom. The van der Waals surface area contributed by atoms with E-state index in [1.165, 1.54) is 0 Å². The Hall–Kier alpha value is -0.460. The molecule has 0 radical (unpaired) electrons. The number of rotatable bonds is 6. The van der Waals surface area contributed by atoms with Gasteiger partial charge in [-0.15, -0.1) is 0 Å². The van der Waals surface area contributed by atoms with Crippen LogP contribution in [0.15, 0.2) is 22.7 Å². The van der Waals surface area contributed by atoms with Crippen LogP contribution in [0.5, 0.6) is 0 Å². The van der Waals surface area contributed by atoms with Crippen LogP contribution in [-0.2, 0) is 6.54 Å². The summed E-state index contributed by atoms with van der Waals surface area (Å²) >= 11 is 3.45. The minimum atomic E-state index is -1.04. The number of halogens is 1. The van der Waals surface area contributed by atoms with Crippen molar-refractivity contribution in [1.29, 1.82) is 0 Å². The van der Waals surface area contributed by atoms with Crippen molar-refractivity contribution in [3.05, 3.63) is 33.8 Å². The van der Waals surface area contributed by atoms with Crippen molar-refractivity contribution in [2.24, 2.45) is 0 Å². The number of hydrogen-bond acceptors (Lipinski definition) is 4. The lowest BCUT2D eigenvalue weighted by Crippen LogP contribution is -2.54. The molecule has 0 aliphatic rings. The van der Waals surface area contributed by atoms with Crippen LogP contribution in [0.4, 0.5) is 0 Å². The maximum atomic E-state index is 9.17. The predicted molar refractivity (Wildman–Crippen MR) is 69.7 cm³/mol. The summed E-state index contributed by atoms with van der Waals surface area (Å²) in [5.41, 5.74) is 1.12. The number of aliphatic hydroxyl groups is 3. The van der Waals surface area contributed by atoms with Crippen molar-refractivity contribution < 1.29 is 15.3 Å². The van der Waals surface area contributed by atoms with Crippen molar-refractivity contribution in [1.82, 2.24) is 5.32 Å². The first-order chi connectivity index (χ1) is 8.06. The van der Waals surface area contributed by atoms with Gasteiger partial charge in [-0.3, -0.25) is 0 Å². The van der Waals surface area contributed by atoms with Gasteiger partial charge in [0.05, 0.1) is 25.4 Å². The maximum Gasteiger partial charge on any atom is 0.0884 e. The van der Waals surface area contributed by atoms with Gasteiger partial charge >= 0.3 is 0 Å². The SMILES string of the molecule is Cc1ccc(CNC(CO)(CO)CO)c(Br)c1. The second kappa shape index (κ2) is 6.47. The van der Waals surface area contributed by atoms with Gasteiger partial charge in [-0.25, -0.2) is 0 Å². The summed E-state index contributed by atoms with van der Waals surface area (Å²) in [7, 11) is 0. The van der Waals surface area contributed by atoms with E-state index >= 15 is 0 Å². The highest BCUT2D eigenvalue weighted by Crippen LogP contribution is 2.19. The zero-order valence-corrected chi connectivity index (χ0v) is 11.4. The van der Waals surface area contributed by atoms with Crippen LogP contribution >= 0.6 is 15.9 Å². The van der Waals surface area contributed by atoms with E-state index in [1.54, 1.807) is 0 Å². The fourth-order valence-corrected chi connectivity index (χ4v) is 2.03. The lowest BCUT2D eigenvalue weighted by Gasteiger charge is -2.29. The summed E-state index contributed by atoms with van der Waals surface area (Å²) < 4.78 is 0.965. The van der Waals surface area contributed by atoms with Gasteiger partial charge < -0.3 is 20.6 Å². The topological polar surface area (TPSA) is 72.7 Å². The minimum Gasteiger partial charge on any atom is -0.394 e. The Labute approximate surface area is 109 Å². The molecule has 0 aromatic heterocycles. The van der Waals surface area contributed by atoms with Crippen LogP contribution < -0.4 is 5.32 Å². The van der Waals surface area contributed by atoms with Gasteiger partial charge in [0.25, 0.3) is 0 Å². The Morgan fingerprint density at radius 2 is 1.76 bits per heavy atom. The van der Waals surface area contributed by atoms with E-state index in [4.69, 9.17) is 0 Å². The molecule has 0 aliphatic carbocycles. The second-order valence-corrected chi connectivity index (χ2v) is 5.06. The number of benzene rings is 1. The molecule has 17 heavy (non-hydrogen) atoms. The van der Waals surface area contributed by atoms with Gasteiger partial charge in [-0.05, 0) is 24.1 Å². The molecular weight excluding hydrogens is 286 g/mol. The molecule has 0 amide bonds. The van der Waals surface area contributed by atoms with Crippen LogP contribution in [0.3, 0.4) is 0 Å². The first-order valence-corrected chi connectivity index (χ1v) is 6.19. The number of aliphatic hydroxyl groups excluding tert-OH is 3. The highest BCUT2D eigenvalue weighted by atomic mass is 79.9. The Bertz CT molecular complexity index is 359. The highest BCUT2D eigenvalue weighted by Gasteiger charge is 2.27. The Balaban J connectivity index is 2.72. The first kappa shape index (κ1) is 14.6. The van der Waals surface area contributed by atoms with Crippen molar-refractivity contribution in [2.45, 2.75) is 19.0 Å². The summed E-state index contributed by atoms with van der Waals surface area (Å²) in [5, 5.41) is 30.5. The van der Waals surface area contributed by atoms with E-state index in [1.807, 2.05) is 25.1 Å². The average molecular weight is 304 g/mol. The second-order valence-electron chi connectivity index (χ2n) is 4.20. The van der Waals surface area contributed by atoms with Gasteiger partial charge in [0.1, 0.15) is 0 Å². The summed E-state index contributed by atoms with van der Waals surface area (Å²) in [5.74, 6) is 0.